The van der Waals surface area contributed by atoms with Gasteiger partial charge in [-0.2, -0.15) is 5.10 Å². The van der Waals surface area contributed by atoms with Crippen molar-refractivity contribution in [3.8, 4) is 0 Å². The predicted molar refractivity (Wildman–Crippen MR) is 60.6 cm³/mol. The zero-order valence-corrected chi connectivity index (χ0v) is 9.67. The second-order valence-corrected chi connectivity index (χ2v) is 4.07. The number of nitrogens with one attached hydrogen (secondary N) is 1. The maximum atomic E-state index is 4.29. The summed E-state index contributed by atoms with van der Waals surface area (Å²) in [7, 11) is 0. The minimum atomic E-state index is 0.754. The fourth-order valence-electron chi connectivity index (χ4n) is 1.43. The summed E-state index contributed by atoms with van der Waals surface area (Å²) in [5.74, 6) is 0.754. The van der Waals surface area contributed by atoms with Crippen LogP contribution in [0.3, 0.4) is 0 Å². The lowest BCUT2D eigenvalue weighted by Crippen LogP contribution is -2.06. The lowest BCUT2D eigenvalue weighted by atomic mass is 10.1. The van der Waals surface area contributed by atoms with Crippen molar-refractivity contribution in [1.82, 2.24) is 9.78 Å². The van der Waals surface area contributed by atoms with Crippen LogP contribution in [0.2, 0.25) is 0 Å². The van der Waals surface area contributed by atoms with Crippen LogP contribution in [0.4, 0.5) is 5.69 Å². The molecule has 3 nitrogen and oxygen atoms in total. The van der Waals surface area contributed by atoms with Crippen LogP contribution in [0.5, 0.6) is 0 Å². The summed E-state index contributed by atoms with van der Waals surface area (Å²) in [5, 5.41) is 7.70. The third-order valence-electron chi connectivity index (χ3n) is 2.44. The van der Waals surface area contributed by atoms with E-state index in [2.05, 4.69) is 38.1 Å². The molecule has 80 valence electrons. The minimum Gasteiger partial charge on any atom is -0.382 e. The predicted octanol–water partition coefficient (Wildman–Crippen LogP) is 2.67. The van der Waals surface area contributed by atoms with Gasteiger partial charge in [-0.3, -0.25) is 4.68 Å². The van der Waals surface area contributed by atoms with Crippen molar-refractivity contribution in [3.05, 3.63) is 11.9 Å². The van der Waals surface area contributed by atoms with Crippen LogP contribution in [-0.4, -0.2) is 16.3 Å². The molecule has 0 aromatic carbocycles. The van der Waals surface area contributed by atoms with Crippen LogP contribution in [-0.2, 0) is 6.54 Å². The number of nitrogens with zero attached hydrogens (tertiary/aromatic N) is 2. The Labute approximate surface area is 86.5 Å². The number of anilines is 1. The van der Waals surface area contributed by atoms with Crippen molar-refractivity contribution in [3.63, 3.8) is 0 Å². The third-order valence-corrected chi connectivity index (χ3v) is 2.44. The van der Waals surface area contributed by atoms with E-state index >= 15 is 0 Å². The highest BCUT2D eigenvalue weighted by Gasteiger charge is 2.03. The second-order valence-electron chi connectivity index (χ2n) is 4.07. The Morgan fingerprint density at radius 1 is 1.50 bits per heavy atom. The van der Waals surface area contributed by atoms with E-state index < -0.39 is 0 Å². The molecule has 1 rings (SSSR count). The van der Waals surface area contributed by atoms with Gasteiger partial charge in [0, 0.05) is 13.1 Å². The van der Waals surface area contributed by atoms with Crippen molar-refractivity contribution in [2.24, 2.45) is 5.92 Å². The Balaban J connectivity index is 2.46. The van der Waals surface area contributed by atoms with Gasteiger partial charge in [-0.1, -0.05) is 13.8 Å². The summed E-state index contributed by atoms with van der Waals surface area (Å²) >= 11 is 0. The van der Waals surface area contributed by atoms with Crippen molar-refractivity contribution in [2.45, 2.75) is 40.7 Å². The van der Waals surface area contributed by atoms with Crippen molar-refractivity contribution < 1.29 is 0 Å². The van der Waals surface area contributed by atoms with Gasteiger partial charge < -0.3 is 5.32 Å². The first kappa shape index (κ1) is 11.1. The van der Waals surface area contributed by atoms with Crippen molar-refractivity contribution >= 4 is 5.69 Å². The van der Waals surface area contributed by atoms with Crippen LogP contribution in [0, 0.1) is 12.8 Å². The summed E-state index contributed by atoms with van der Waals surface area (Å²) in [6.45, 7) is 10.7. The van der Waals surface area contributed by atoms with E-state index in [1.807, 2.05) is 10.9 Å². The van der Waals surface area contributed by atoms with E-state index in [0.717, 1.165) is 19.0 Å². The minimum absolute atomic E-state index is 0.754. The fourth-order valence-corrected chi connectivity index (χ4v) is 1.43. The van der Waals surface area contributed by atoms with Gasteiger partial charge >= 0.3 is 0 Å². The molecule has 1 heterocycles. The van der Waals surface area contributed by atoms with Gasteiger partial charge in [-0.25, -0.2) is 0 Å². The first-order chi connectivity index (χ1) is 6.65. The lowest BCUT2D eigenvalue weighted by molar-refractivity contribution is 0.606. The molecule has 1 aromatic rings. The summed E-state index contributed by atoms with van der Waals surface area (Å²) < 4.78 is 2.01. The molecule has 0 amide bonds. The van der Waals surface area contributed by atoms with Gasteiger partial charge in [0.05, 0.1) is 17.6 Å². The normalized spacial score (nSPS) is 10.9. The molecule has 0 radical (unpaired) electrons. The first-order valence-electron chi connectivity index (χ1n) is 5.41. The van der Waals surface area contributed by atoms with E-state index in [1.165, 1.54) is 17.8 Å². The smallest absolute Gasteiger partial charge is 0.0756 e. The summed E-state index contributed by atoms with van der Waals surface area (Å²) in [6, 6.07) is 0. The maximum Gasteiger partial charge on any atom is 0.0756 e. The maximum absolute atomic E-state index is 4.29. The van der Waals surface area contributed by atoms with Crippen LogP contribution in [0.25, 0.3) is 0 Å². The van der Waals surface area contributed by atoms with Gasteiger partial charge in [-0.05, 0) is 26.2 Å². The molecule has 1 aromatic heterocycles. The number of aromatic nitrogens is 2. The SMILES string of the molecule is CCn1ncc(NCCC(C)C)c1C. The van der Waals surface area contributed by atoms with Gasteiger partial charge in [0.15, 0.2) is 0 Å². The molecule has 0 saturated carbocycles. The highest BCUT2D eigenvalue weighted by Crippen LogP contribution is 2.13. The Hall–Kier alpha value is -0.990. The number of hydrogen-bond donors (Lipinski definition) is 1. The number of hydrogen-bond acceptors (Lipinski definition) is 2. The molecule has 0 spiro atoms. The fraction of sp³-hybridized carbons (Fsp3) is 0.727. The zero-order chi connectivity index (χ0) is 10.6. The Morgan fingerprint density at radius 2 is 2.21 bits per heavy atom. The molecule has 0 bridgehead atoms. The summed E-state index contributed by atoms with van der Waals surface area (Å²) in [6.07, 6.45) is 3.12. The molecule has 14 heavy (non-hydrogen) atoms. The van der Waals surface area contributed by atoms with Crippen molar-refractivity contribution in [1.29, 1.82) is 0 Å². The quantitative estimate of drug-likeness (QED) is 0.782. The molecule has 0 aliphatic rings. The molecule has 0 aliphatic carbocycles. The number of rotatable bonds is 5. The van der Waals surface area contributed by atoms with Gasteiger partial charge in [0.25, 0.3) is 0 Å². The van der Waals surface area contributed by atoms with Crippen LogP contribution >= 0.6 is 0 Å². The molecule has 0 aliphatic heterocycles. The second kappa shape index (κ2) is 5.03. The molecular weight excluding hydrogens is 174 g/mol. The molecular formula is C11H21N3. The Morgan fingerprint density at radius 3 is 2.71 bits per heavy atom. The largest absolute Gasteiger partial charge is 0.382 e. The summed E-state index contributed by atoms with van der Waals surface area (Å²) in [5.41, 5.74) is 2.41. The topological polar surface area (TPSA) is 29.9 Å². The van der Waals surface area contributed by atoms with E-state index in [1.54, 1.807) is 0 Å². The Kier molecular flexibility index (Phi) is 3.98. The highest BCUT2D eigenvalue weighted by molar-refractivity contribution is 5.45. The average molecular weight is 195 g/mol. The monoisotopic (exact) mass is 195 g/mol. The van der Waals surface area contributed by atoms with Crippen LogP contribution in [0.15, 0.2) is 6.20 Å². The molecule has 3 heteroatoms. The van der Waals surface area contributed by atoms with E-state index in [9.17, 15) is 0 Å². The molecule has 1 N–H and O–H groups in total. The van der Waals surface area contributed by atoms with E-state index in [4.69, 9.17) is 0 Å². The lowest BCUT2D eigenvalue weighted by Gasteiger charge is -2.07. The number of aryl methyl sites for hydroxylation is 1. The van der Waals surface area contributed by atoms with E-state index in [0.29, 0.717) is 0 Å². The first-order valence-corrected chi connectivity index (χ1v) is 5.41. The average Bonchev–Trinajstić information content (AvgIpc) is 2.47. The van der Waals surface area contributed by atoms with Gasteiger partial charge in [-0.15, -0.1) is 0 Å². The molecule has 0 saturated heterocycles. The van der Waals surface area contributed by atoms with Crippen molar-refractivity contribution in [2.75, 3.05) is 11.9 Å². The van der Waals surface area contributed by atoms with Crippen LogP contribution in [0.1, 0.15) is 32.9 Å². The third kappa shape index (κ3) is 2.76. The standard InChI is InChI=1S/C11H21N3/c1-5-14-10(4)11(8-13-14)12-7-6-9(2)3/h8-9,12H,5-7H2,1-4H3. The van der Waals surface area contributed by atoms with Gasteiger partial charge in [0.2, 0.25) is 0 Å². The molecule has 0 atom stereocenters. The Bertz CT molecular complexity index is 276. The van der Waals surface area contributed by atoms with Crippen LogP contribution < -0.4 is 5.32 Å². The molecule has 0 fully saturated rings. The highest BCUT2D eigenvalue weighted by atomic mass is 15.3. The van der Waals surface area contributed by atoms with E-state index in [-0.39, 0.29) is 0 Å². The molecule has 0 unspecified atom stereocenters. The zero-order valence-electron chi connectivity index (χ0n) is 9.67. The van der Waals surface area contributed by atoms with Gasteiger partial charge in [0.1, 0.15) is 0 Å². The summed E-state index contributed by atoms with van der Waals surface area (Å²) in [4.78, 5) is 0.